The Morgan fingerprint density at radius 2 is 1.82 bits per heavy atom. The summed E-state index contributed by atoms with van der Waals surface area (Å²) >= 11 is 0. The molecule has 4 aromatic rings. The lowest BCUT2D eigenvalue weighted by atomic mass is 9.77. The number of pyridine rings is 2. The van der Waals surface area contributed by atoms with E-state index in [9.17, 15) is 9.18 Å². The molecule has 2 aromatic heterocycles. The zero-order chi connectivity index (χ0) is 24.0. The summed E-state index contributed by atoms with van der Waals surface area (Å²) in [4.78, 5) is 22.1. The van der Waals surface area contributed by atoms with Gasteiger partial charge >= 0.3 is 0 Å². The molecule has 0 fully saturated rings. The summed E-state index contributed by atoms with van der Waals surface area (Å²) in [6.45, 7) is 6.23. The molecule has 1 aliphatic rings. The van der Waals surface area contributed by atoms with Gasteiger partial charge in [-0.2, -0.15) is 0 Å². The largest absolute Gasteiger partial charge is 0.383 e. The molecule has 6 heteroatoms. The van der Waals surface area contributed by atoms with Crippen molar-refractivity contribution in [2.45, 2.75) is 32.9 Å². The van der Waals surface area contributed by atoms with Gasteiger partial charge < -0.3 is 10.3 Å². The predicted molar refractivity (Wildman–Crippen MR) is 133 cm³/mol. The highest BCUT2D eigenvalue weighted by atomic mass is 19.1. The molecule has 2 aromatic carbocycles. The first kappa shape index (κ1) is 21.8. The van der Waals surface area contributed by atoms with Crippen molar-refractivity contribution in [2.24, 2.45) is 10.7 Å². The number of hydrogen-bond donors (Lipinski definition) is 1. The van der Waals surface area contributed by atoms with Crippen LogP contribution >= 0.6 is 0 Å². The lowest BCUT2D eigenvalue weighted by Gasteiger charge is -2.30. The molecule has 5 rings (SSSR count). The van der Waals surface area contributed by atoms with E-state index in [1.54, 1.807) is 23.8 Å². The van der Waals surface area contributed by atoms with Crippen LogP contribution in [0.25, 0.3) is 11.3 Å². The van der Waals surface area contributed by atoms with Crippen molar-refractivity contribution in [3.8, 4) is 11.3 Å². The number of amidine groups is 1. The van der Waals surface area contributed by atoms with Crippen LogP contribution in [0.4, 0.5) is 4.39 Å². The van der Waals surface area contributed by atoms with Crippen LogP contribution in [0.15, 0.2) is 82.8 Å². The molecule has 1 aliphatic heterocycles. The third-order valence-corrected chi connectivity index (χ3v) is 6.46. The van der Waals surface area contributed by atoms with Gasteiger partial charge in [0, 0.05) is 41.2 Å². The van der Waals surface area contributed by atoms with Crippen molar-refractivity contribution >= 4 is 5.84 Å². The SMILES string of the molecule is CCn1cc([C@]2(c3cccc(-c4cc(C)ccn4)c3)N=C(N)c3c(F)cccc32)cc(C)c1=O. The van der Waals surface area contributed by atoms with Crippen LogP contribution in [0.2, 0.25) is 0 Å². The van der Waals surface area contributed by atoms with Gasteiger partial charge in [-0.25, -0.2) is 9.38 Å². The topological polar surface area (TPSA) is 73.3 Å². The van der Waals surface area contributed by atoms with Crippen molar-refractivity contribution < 1.29 is 4.39 Å². The number of aromatic nitrogens is 2. The molecule has 3 heterocycles. The van der Waals surface area contributed by atoms with E-state index in [1.807, 2.05) is 68.6 Å². The molecule has 34 heavy (non-hydrogen) atoms. The zero-order valence-electron chi connectivity index (χ0n) is 19.3. The Bertz CT molecular complexity index is 1520. The van der Waals surface area contributed by atoms with Gasteiger partial charge in [0.15, 0.2) is 0 Å². The van der Waals surface area contributed by atoms with E-state index in [0.29, 0.717) is 23.2 Å². The molecule has 0 spiro atoms. The molecule has 0 saturated carbocycles. The summed E-state index contributed by atoms with van der Waals surface area (Å²) in [6.07, 6.45) is 3.59. The van der Waals surface area contributed by atoms with Gasteiger partial charge in [-0.15, -0.1) is 0 Å². The van der Waals surface area contributed by atoms with Gasteiger partial charge in [-0.1, -0.05) is 30.3 Å². The molecule has 0 amide bonds. The normalized spacial score (nSPS) is 16.9. The number of halogens is 1. The summed E-state index contributed by atoms with van der Waals surface area (Å²) in [5.41, 5.74) is 11.1. The Morgan fingerprint density at radius 3 is 2.59 bits per heavy atom. The van der Waals surface area contributed by atoms with E-state index in [0.717, 1.165) is 27.9 Å². The van der Waals surface area contributed by atoms with Crippen LogP contribution in [-0.4, -0.2) is 15.4 Å². The Morgan fingerprint density at radius 1 is 1.03 bits per heavy atom. The monoisotopic (exact) mass is 452 g/mol. The number of nitrogens with zero attached hydrogens (tertiary/aromatic N) is 3. The van der Waals surface area contributed by atoms with Crippen LogP contribution in [-0.2, 0) is 12.1 Å². The Kier molecular flexibility index (Phi) is 5.16. The van der Waals surface area contributed by atoms with E-state index in [1.165, 1.54) is 6.07 Å². The summed E-state index contributed by atoms with van der Waals surface area (Å²) in [7, 11) is 0. The molecular weight excluding hydrogens is 427 g/mol. The molecule has 5 nitrogen and oxygen atoms in total. The molecule has 0 bridgehead atoms. The summed E-state index contributed by atoms with van der Waals surface area (Å²) < 4.78 is 16.6. The minimum absolute atomic E-state index is 0.0616. The van der Waals surface area contributed by atoms with Crippen LogP contribution in [0.1, 0.15) is 40.3 Å². The second kappa shape index (κ2) is 8.06. The first-order valence-corrected chi connectivity index (χ1v) is 11.2. The molecular formula is C28H25FN4O. The first-order chi connectivity index (χ1) is 16.3. The van der Waals surface area contributed by atoms with Gasteiger partial charge in [-0.05, 0) is 62.2 Å². The summed E-state index contributed by atoms with van der Waals surface area (Å²) in [6, 6.07) is 18.7. The number of rotatable bonds is 4. The van der Waals surface area contributed by atoms with E-state index in [4.69, 9.17) is 10.7 Å². The zero-order valence-corrected chi connectivity index (χ0v) is 19.3. The molecule has 2 N–H and O–H groups in total. The second-order valence-electron chi connectivity index (χ2n) is 8.67. The maximum atomic E-state index is 15.0. The number of hydrogen-bond acceptors (Lipinski definition) is 4. The van der Waals surface area contributed by atoms with Crippen LogP contribution < -0.4 is 11.3 Å². The third kappa shape index (κ3) is 3.25. The minimum atomic E-state index is -1.10. The minimum Gasteiger partial charge on any atom is -0.383 e. The van der Waals surface area contributed by atoms with Gasteiger partial charge in [-0.3, -0.25) is 9.78 Å². The van der Waals surface area contributed by atoms with Crippen molar-refractivity contribution in [1.82, 2.24) is 9.55 Å². The Labute approximate surface area is 197 Å². The van der Waals surface area contributed by atoms with E-state index < -0.39 is 11.4 Å². The van der Waals surface area contributed by atoms with Gasteiger partial charge in [0.25, 0.3) is 5.56 Å². The average Bonchev–Trinajstić information content (AvgIpc) is 3.15. The molecule has 1 atom stereocenters. The van der Waals surface area contributed by atoms with Gasteiger partial charge in [0.1, 0.15) is 17.2 Å². The third-order valence-electron chi connectivity index (χ3n) is 6.46. The fourth-order valence-corrected chi connectivity index (χ4v) is 4.81. The number of aryl methyl sites for hydroxylation is 3. The van der Waals surface area contributed by atoms with E-state index >= 15 is 0 Å². The van der Waals surface area contributed by atoms with E-state index in [-0.39, 0.29) is 11.4 Å². The van der Waals surface area contributed by atoms with Crippen molar-refractivity contribution in [1.29, 1.82) is 0 Å². The highest BCUT2D eigenvalue weighted by Crippen LogP contribution is 2.47. The van der Waals surface area contributed by atoms with Crippen molar-refractivity contribution in [3.63, 3.8) is 0 Å². The summed E-state index contributed by atoms with van der Waals surface area (Å²) in [5, 5.41) is 0. The average molecular weight is 453 g/mol. The maximum absolute atomic E-state index is 15.0. The van der Waals surface area contributed by atoms with Crippen LogP contribution in [0.3, 0.4) is 0 Å². The van der Waals surface area contributed by atoms with Gasteiger partial charge in [0.2, 0.25) is 0 Å². The number of nitrogens with two attached hydrogens (primary N) is 1. The van der Waals surface area contributed by atoms with Gasteiger partial charge in [0.05, 0.1) is 11.3 Å². The van der Waals surface area contributed by atoms with Crippen molar-refractivity contribution in [3.05, 3.63) is 123 Å². The first-order valence-electron chi connectivity index (χ1n) is 11.2. The van der Waals surface area contributed by atoms with Crippen molar-refractivity contribution in [2.75, 3.05) is 0 Å². The smallest absolute Gasteiger partial charge is 0.253 e. The summed E-state index contributed by atoms with van der Waals surface area (Å²) in [5.74, 6) is -0.281. The number of aliphatic imine (C=N–C) groups is 1. The number of benzene rings is 2. The standard InChI is InChI=1S/C28H25FN4O/c1-4-33-16-21(14-18(3)27(33)34)28(22-9-6-10-23(29)25(22)26(30)32-28)20-8-5-7-19(15-20)24-13-17(2)11-12-31-24/h5-16H,4H2,1-3H3,(H2,30,32)/t28-/m0/s1. The lowest BCUT2D eigenvalue weighted by molar-refractivity contribution is 0.610. The fraction of sp³-hybridized carbons (Fsp3) is 0.179. The number of fused-ring (bicyclic) bond motifs is 1. The quantitative estimate of drug-likeness (QED) is 0.488. The lowest BCUT2D eigenvalue weighted by Crippen LogP contribution is -2.30. The molecule has 0 unspecified atom stereocenters. The molecule has 0 saturated heterocycles. The van der Waals surface area contributed by atoms with Crippen LogP contribution in [0.5, 0.6) is 0 Å². The molecule has 170 valence electrons. The highest BCUT2D eigenvalue weighted by molar-refractivity contribution is 6.03. The molecule has 0 aliphatic carbocycles. The van der Waals surface area contributed by atoms with E-state index in [2.05, 4.69) is 4.98 Å². The van der Waals surface area contributed by atoms with Crippen LogP contribution in [0, 0.1) is 19.7 Å². The Balaban J connectivity index is 1.85. The molecule has 0 radical (unpaired) electrons. The predicted octanol–water partition coefficient (Wildman–Crippen LogP) is 4.70. The maximum Gasteiger partial charge on any atom is 0.253 e. The Hall–Kier alpha value is -4.06. The highest BCUT2D eigenvalue weighted by Gasteiger charge is 2.44. The second-order valence-corrected chi connectivity index (χ2v) is 8.67. The fourth-order valence-electron chi connectivity index (χ4n) is 4.81.